The zero-order chi connectivity index (χ0) is 21.3. The van der Waals surface area contributed by atoms with E-state index in [1.165, 1.54) is 12.3 Å². The first-order valence-corrected chi connectivity index (χ1v) is 9.61. The van der Waals surface area contributed by atoms with E-state index in [2.05, 4.69) is 26.1 Å². The minimum Gasteiger partial charge on any atom is -0.483 e. The number of fused-ring (bicyclic) bond motifs is 1. The maximum atomic E-state index is 12.6. The van der Waals surface area contributed by atoms with Gasteiger partial charge < -0.3 is 10.1 Å². The van der Waals surface area contributed by atoms with Crippen LogP contribution in [0.5, 0.6) is 5.75 Å². The van der Waals surface area contributed by atoms with Crippen LogP contribution < -0.4 is 10.1 Å². The average molecular weight is 415 g/mol. The van der Waals surface area contributed by atoms with Crippen LogP contribution >= 0.6 is 0 Å². The third-order valence-corrected chi connectivity index (χ3v) is 5.13. The van der Waals surface area contributed by atoms with Gasteiger partial charge in [-0.1, -0.05) is 18.2 Å². The number of alkyl halides is 3. The van der Waals surface area contributed by atoms with E-state index in [1.54, 1.807) is 13.0 Å². The Morgan fingerprint density at radius 3 is 2.73 bits per heavy atom. The van der Waals surface area contributed by atoms with Gasteiger partial charge in [0.25, 0.3) is 0 Å². The second-order valence-corrected chi connectivity index (χ2v) is 7.46. The van der Waals surface area contributed by atoms with Gasteiger partial charge in [-0.05, 0) is 49.1 Å². The van der Waals surface area contributed by atoms with E-state index in [0.29, 0.717) is 5.69 Å². The smallest absolute Gasteiger partial charge is 0.422 e. The predicted molar refractivity (Wildman–Crippen MR) is 105 cm³/mol. The highest BCUT2D eigenvalue weighted by Gasteiger charge is 2.44. The molecule has 1 aliphatic carbocycles. The topological polar surface area (TPSA) is 64.1 Å². The summed E-state index contributed by atoms with van der Waals surface area (Å²) in [5, 5.41) is 3.98. The Hall–Kier alpha value is -3.16. The van der Waals surface area contributed by atoms with Gasteiger partial charge in [-0.3, -0.25) is 14.8 Å². The molecule has 1 amide bonds. The summed E-state index contributed by atoms with van der Waals surface area (Å²) in [5.41, 5.74) is 2.52. The number of carbonyl (C=O) groups is 1. The van der Waals surface area contributed by atoms with Crippen molar-refractivity contribution < 1.29 is 22.7 Å². The highest BCUT2D eigenvalue weighted by Crippen LogP contribution is 2.48. The monoisotopic (exact) mass is 415 g/mol. The van der Waals surface area contributed by atoms with Crippen LogP contribution in [0.3, 0.4) is 0 Å². The van der Waals surface area contributed by atoms with Crippen molar-refractivity contribution in [1.82, 2.24) is 15.3 Å². The molecular formula is C22H20F3N3O2. The molecule has 2 aromatic heterocycles. The van der Waals surface area contributed by atoms with Crippen LogP contribution in [0.25, 0.3) is 10.9 Å². The third kappa shape index (κ3) is 4.69. The molecule has 1 saturated carbocycles. The number of nitrogens with zero attached hydrogens (tertiary/aromatic N) is 2. The van der Waals surface area contributed by atoms with Crippen molar-refractivity contribution in [3.63, 3.8) is 0 Å². The van der Waals surface area contributed by atoms with E-state index < -0.39 is 12.8 Å². The van der Waals surface area contributed by atoms with E-state index in [0.717, 1.165) is 22.9 Å². The molecule has 1 aliphatic rings. The van der Waals surface area contributed by atoms with Gasteiger partial charge in [0, 0.05) is 17.5 Å². The molecule has 0 radical (unpaired) electrons. The predicted octanol–water partition coefficient (Wildman–Crippen LogP) is 4.55. The molecule has 30 heavy (non-hydrogen) atoms. The number of hydrogen-bond donors (Lipinski definition) is 1. The van der Waals surface area contributed by atoms with Crippen molar-refractivity contribution in [3.8, 4) is 5.75 Å². The van der Waals surface area contributed by atoms with E-state index in [1.807, 2.05) is 30.5 Å². The van der Waals surface area contributed by atoms with Crippen molar-refractivity contribution >= 4 is 16.8 Å². The fourth-order valence-corrected chi connectivity index (χ4v) is 3.44. The lowest BCUT2D eigenvalue weighted by Gasteiger charge is -2.14. The Kier molecular flexibility index (Phi) is 5.32. The number of pyridine rings is 2. The standard InChI is InChI=1S/C22H20F3N3O2/c1-13(19-7-6-16(11-27-19)30-12-22(23,24)25)28-21(29)18-9-17(18)15-8-14-4-2-3-5-20(14)26-10-15/h2-8,10-11,13,17-18H,9,12H2,1H3,(H,28,29)/t13-,17+,18-/m1/s1. The van der Waals surface area contributed by atoms with Gasteiger partial charge in [0.15, 0.2) is 6.61 Å². The molecule has 0 saturated heterocycles. The van der Waals surface area contributed by atoms with Gasteiger partial charge in [0.05, 0.1) is 23.4 Å². The fraction of sp³-hybridized carbons (Fsp3) is 0.318. The highest BCUT2D eigenvalue weighted by atomic mass is 19.4. The minimum atomic E-state index is -4.40. The summed E-state index contributed by atoms with van der Waals surface area (Å²) in [6.07, 6.45) is -0.590. The highest BCUT2D eigenvalue weighted by molar-refractivity contribution is 5.84. The van der Waals surface area contributed by atoms with E-state index in [4.69, 9.17) is 0 Å². The van der Waals surface area contributed by atoms with Crippen molar-refractivity contribution in [2.24, 2.45) is 5.92 Å². The number of hydrogen-bond acceptors (Lipinski definition) is 4. The molecule has 2 heterocycles. The summed E-state index contributed by atoms with van der Waals surface area (Å²) in [6, 6.07) is 12.5. The van der Waals surface area contributed by atoms with E-state index in [9.17, 15) is 18.0 Å². The van der Waals surface area contributed by atoms with Gasteiger partial charge in [0.1, 0.15) is 5.75 Å². The summed E-state index contributed by atoms with van der Waals surface area (Å²) >= 11 is 0. The normalized spacial score (nSPS) is 19.3. The Bertz CT molecular complexity index is 1050. The Balaban J connectivity index is 1.33. The van der Waals surface area contributed by atoms with Crippen molar-refractivity contribution in [2.75, 3.05) is 6.61 Å². The van der Waals surface area contributed by atoms with Crippen LogP contribution in [0.4, 0.5) is 13.2 Å². The summed E-state index contributed by atoms with van der Waals surface area (Å²) < 4.78 is 41.3. The quantitative estimate of drug-likeness (QED) is 0.642. The number of nitrogens with one attached hydrogen (secondary N) is 1. The third-order valence-electron chi connectivity index (χ3n) is 5.13. The molecular weight excluding hydrogens is 395 g/mol. The molecule has 0 spiro atoms. The number of carbonyl (C=O) groups excluding carboxylic acids is 1. The van der Waals surface area contributed by atoms with Crippen LogP contribution in [-0.4, -0.2) is 28.7 Å². The molecule has 0 unspecified atom stereocenters. The SMILES string of the molecule is C[C@@H](NC(=O)[C@@H]1C[C@H]1c1cnc2ccccc2c1)c1ccc(OCC(F)(F)F)cn1. The lowest BCUT2D eigenvalue weighted by molar-refractivity contribution is -0.153. The van der Waals surface area contributed by atoms with Gasteiger partial charge in [-0.2, -0.15) is 13.2 Å². The molecule has 0 aliphatic heterocycles. The Morgan fingerprint density at radius 1 is 1.20 bits per heavy atom. The van der Waals surface area contributed by atoms with Gasteiger partial charge in [-0.25, -0.2) is 0 Å². The molecule has 5 nitrogen and oxygen atoms in total. The summed E-state index contributed by atoms with van der Waals surface area (Å²) in [6.45, 7) is 0.415. The molecule has 0 bridgehead atoms. The zero-order valence-electron chi connectivity index (χ0n) is 16.2. The second-order valence-electron chi connectivity index (χ2n) is 7.46. The van der Waals surface area contributed by atoms with Gasteiger partial charge in [-0.15, -0.1) is 0 Å². The molecule has 1 aromatic carbocycles. The fourth-order valence-electron chi connectivity index (χ4n) is 3.44. The van der Waals surface area contributed by atoms with Crippen molar-refractivity contribution in [1.29, 1.82) is 0 Å². The summed E-state index contributed by atoms with van der Waals surface area (Å²) in [5.74, 6) is -0.0225. The molecule has 1 fully saturated rings. The maximum Gasteiger partial charge on any atom is 0.422 e. The van der Waals surface area contributed by atoms with E-state index in [-0.39, 0.29) is 29.5 Å². The first-order chi connectivity index (χ1) is 14.3. The number of halogens is 3. The number of benzene rings is 1. The van der Waals surface area contributed by atoms with Crippen LogP contribution in [0.2, 0.25) is 0 Å². The van der Waals surface area contributed by atoms with Crippen LogP contribution in [-0.2, 0) is 4.79 Å². The molecule has 3 atom stereocenters. The molecule has 156 valence electrons. The number of ether oxygens (including phenoxy) is 1. The largest absolute Gasteiger partial charge is 0.483 e. The number of rotatable bonds is 6. The van der Waals surface area contributed by atoms with Crippen LogP contribution in [0.1, 0.15) is 36.6 Å². The number of aromatic nitrogens is 2. The average Bonchev–Trinajstić information content (AvgIpc) is 3.53. The first-order valence-electron chi connectivity index (χ1n) is 9.61. The summed E-state index contributed by atoms with van der Waals surface area (Å²) in [4.78, 5) is 21.2. The van der Waals surface area contributed by atoms with Crippen molar-refractivity contribution in [3.05, 3.63) is 66.1 Å². The van der Waals surface area contributed by atoms with Crippen molar-refractivity contribution in [2.45, 2.75) is 31.5 Å². The zero-order valence-corrected chi connectivity index (χ0v) is 16.2. The first kappa shape index (κ1) is 20.1. The maximum absolute atomic E-state index is 12.6. The molecule has 4 rings (SSSR count). The lowest BCUT2D eigenvalue weighted by atomic mass is 10.1. The van der Waals surface area contributed by atoms with E-state index >= 15 is 0 Å². The van der Waals surface area contributed by atoms with Crippen LogP contribution in [0, 0.1) is 5.92 Å². The lowest BCUT2D eigenvalue weighted by Crippen LogP contribution is -2.29. The summed E-state index contributed by atoms with van der Waals surface area (Å²) in [7, 11) is 0. The molecule has 8 heteroatoms. The van der Waals surface area contributed by atoms with Crippen LogP contribution in [0.15, 0.2) is 54.9 Å². The van der Waals surface area contributed by atoms with Gasteiger partial charge >= 0.3 is 6.18 Å². The number of amides is 1. The van der Waals surface area contributed by atoms with Gasteiger partial charge in [0.2, 0.25) is 5.91 Å². The Morgan fingerprint density at radius 2 is 2.00 bits per heavy atom. The Labute approximate surface area is 171 Å². The minimum absolute atomic E-state index is 0.0284. The molecule has 1 N–H and O–H groups in total. The molecule has 3 aromatic rings. The number of para-hydroxylation sites is 1. The second kappa shape index (κ2) is 7.93.